The molecule has 1 aromatic rings. The Hall–Kier alpha value is -0.620. The third-order valence-corrected chi connectivity index (χ3v) is 3.49. The third kappa shape index (κ3) is 6.22. The van der Waals surface area contributed by atoms with Crippen molar-refractivity contribution in [2.75, 3.05) is 38.8 Å². The first-order valence-corrected chi connectivity index (χ1v) is 7.54. The van der Waals surface area contributed by atoms with Crippen molar-refractivity contribution in [3.63, 3.8) is 0 Å². The highest BCUT2D eigenvalue weighted by Crippen LogP contribution is 2.27. The topological polar surface area (TPSA) is 44.7 Å². The number of ether oxygens (including phenoxy) is 1. The molecule has 0 aliphatic rings. The quantitative estimate of drug-likeness (QED) is 0.710. The summed E-state index contributed by atoms with van der Waals surface area (Å²) in [6.07, 6.45) is 0. The van der Waals surface area contributed by atoms with Crippen LogP contribution >= 0.6 is 15.9 Å². The van der Waals surface area contributed by atoms with Gasteiger partial charge in [0.2, 0.25) is 0 Å². The lowest BCUT2D eigenvalue weighted by molar-refractivity contribution is 0.0886. The molecule has 1 aromatic carbocycles. The van der Waals surface area contributed by atoms with Gasteiger partial charge in [-0.25, -0.2) is 0 Å². The van der Waals surface area contributed by atoms with Gasteiger partial charge in [-0.3, -0.25) is 0 Å². The zero-order valence-corrected chi connectivity index (χ0v) is 14.3. The van der Waals surface area contributed by atoms with Crippen LogP contribution in [-0.2, 0) is 11.3 Å². The molecule has 0 unspecified atom stereocenters. The first kappa shape index (κ1) is 17.4. The Bertz CT molecular complexity index is 419. The molecule has 0 fully saturated rings. The molecule has 114 valence electrons. The van der Waals surface area contributed by atoms with Crippen LogP contribution in [0.4, 0.5) is 5.69 Å². The molecular weight excluding hydrogens is 320 g/mol. The fourth-order valence-electron chi connectivity index (χ4n) is 2.04. The number of nitrogens with one attached hydrogen (secondary N) is 1. The number of nitrogens with zero attached hydrogens (tertiary/aromatic N) is 1. The molecular formula is C15H25BrN2O2. The van der Waals surface area contributed by atoms with Gasteiger partial charge in [0.05, 0.1) is 17.9 Å². The molecule has 0 spiro atoms. The number of hydrogen-bond acceptors (Lipinski definition) is 4. The van der Waals surface area contributed by atoms with Gasteiger partial charge in [-0.15, -0.1) is 0 Å². The van der Waals surface area contributed by atoms with E-state index in [0.29, 0.717) is 13.2 Å². The highest BCUT2D eigenvalue weighted by atomic mass is 79.9. The van der Waals surface area contributed by atoms with Crippen molar-refractivity contribution in [1.29, 1.82) is 0 Å². The van der Waals surface area contributed by atoms with Gasteiger partial charge < -0.3 is 20.1 Å². The molecule has 0 aliphatic carbocycles. The van der Waals surface area contributed by atoms with Crippen molar-refractivity contribution in [3.05, 3.63) is 28.2 Å². The third-order valence-electron chi connectivity index (χ3n) is 2.86. The second-order valence-corrected chi connectivity index (χ2v) is 6.48. The summed E-state index contributed by atoms with van der Waals surface area (Å²) in [4.78, 5) is 2.05. The van der Waals surface area contributed by atoms with Gasteiger partial charge in [-0.2, -0.15) is 0 Å². The minimum atomic E-state index is -0.714. The molecule has 1 rings (SSSR count). The Morgan fingerprint density at radius 2 is 2.10 bits per heavy atom. The fourth-order valence-corrected chi connectivity index (χ4v) is 2.77. The Morgan fingerprint density at radius 3 is 2.65 bits per heavy atom. The average molecular weight is 345 g/mol. The van der Waals surface area contributed by atoms with Crippen LogP contribution in [0.3, 0.4) is 0 Å². The van der Waals surface area contributed by atoms with E-state index in [2.05, 4.69) is 39.4 Å². The molecule has 0 atom stereocenters. The summed E-state index contributed by atoms with van der Waals surface area (Å²) in [6.45, 7) is 6.58. The van der Waals surface area contributed by atoms with E-state index in [4.69, 9.17) is 4.74 Å². The molecule has 2 N–H and O–H groups in total. The fraction of sp³-hybridized carbons (Fsp3) is 0.600. The number of hydrogen-bond donors (Lipinski definition) is 2. The van der Waals surface area contributed by atoms with E-state index in [-0.39, 0.29) is 0 Å². The highest BCUT2D eigenvalue weighted by molar-refractivity contribution is 9.10. The molecule has 4 nitrogen and oxygen atoms in total. The van der Waals surface area contributed by atoms with Crippen molar-refractivity contribution in [3.8, 4) is 0 Å². The number of likely N-dealkylation sites (N-methyl/N-ethyl adjacent to an activating group) is 1. The minimum Gasteiger partial charge on any atom is -0.389 e. The molecule has 0 heterocycles. The zero-order valence-electron chi connectivity index (χ0n) is 12.7. The van der Waals surface area contributed by atoms with Crippen LogP contribution in [0.25, 0.3) is 0 Å². The normalized spacial score (nSPS) is 11.7. The summed E-state index contributed by atoms with van der Waals surface area (Å²) < 4.78 is 6.04. The molecule has 0 aliphatic heterocycles. The summed E-state index contributed by atoms with van der Waals surface area (Å²) in [6, 6.07) is 6.28. The second kappa shape index (κ2) is 7.98. The standard InChI is InChI=1S/C15H25BrN2O2/c1-15(2,19)11-18(3)14-6-5-12(9-13(14)16)10-17-7-8-20-4/h5-6,9,17,19H,7-8,10-11H2,1-4H3. The summed E-state index contributed by atoms with van der Waals surface area (Å²) >= 11 is 3.60. The van der Waals surface area contributed by atoms with Crippen molar-refractivity contribution in [2.24, 2.45) is 0 Å². The number of anilines is 1. The number of aliphatic hydroxyl groups is 1. The number of halogens is 1. The summed E-state index contributed by atoms with van der Waals surface area (Å²) in [5.74, 6) is 0. The Labute approximate surface area is 130 Å². The molecule has 0 amide bonds. The van der Waals surface area contributed by atoms with Crippen molar-refractivity contribution < 1.29 is 9.84 Å². The van der Waals surface area contributed by atoms with Crippen LogP contribution in [0.1, 0.15) is 19.4 Å². The van der Waals surface area contributed by atoms with E-state index in [1.54, 1.807) is 7.11 Å². The minimum absolute atomic E-state index is 0.580. The van der Waals surface area contributed by atoms with Crippen molar-refractivity contribution in [1.82, 2.24) is 5.32 Å². The molecule has 0 saturated heterocycles. The van der Waals surface area contributed by atoms with Crippen LogP contribution < -0.4 is 10.2 Å². The van der Waals surface area contributed by atoms with Crippen LogP contribution in [0.2, 0.25) is 0 Å². The molecule has 0 saturated carbocycles. The Morgan fingerprint density at radius 1 is 1.40 bits per heavy atom. The van der Waals surface area contributed by atoms with E-state index in [1.165, 1.54) is 5.56 Å². The summed E-state index contributed by atoms with van der Waals surface area (Å²) in [7, 11) is 3.68. The maximum atomic E-state index is 9.88. The number of rotatable bonds is 8. The molecule has 0 aromatic heterocycles. The van der Waals surface area contributed by atoms with E-state index < -0.39 is 5.60 Å². The van der Waals surface area contributed by atoms with Gasteiger partial charge in [0, 0.05) is 38.3 Å². The first-order valence-electron chi connectivity index (χ1n) is 6.75. The number of methoxy groups -OCH3 is 1. The van der Waals surface area contributed by atoms with Gasteiger partial charge in [-0.1, -0.05) is 6.07 Å². The Balaban J connectivity index is 2.63. The van der Waals surface area contributed by atoms with Gasteiger partial charge in [0.15, 0.2) is 0 Å². The Kier molecular flexibility index (Phi) is 6.95. The molecule has 0 radical (unpaired) electrons. The van der Waals surface area contributed by atoms with E-state index in [9.17, 15) is 5.11 Å². The van der Waals surface area contributed by atoms with E-state index in [1.807, 2.05) is 25.8 Å². The van der Waals surface area contributed by atoms with Crippen LogP contribution in [-0.4, -0.2) is 44.6 Å². The van der Waals surface area contributed by atoms with Crippen molar-refractivity contribution in [2.45, 2.75) is 26.0 Å². The predicted molar refractivity (Wildman–Crippen MR) is 87.3 cm³/mol. The van der Waals surface area contributed by atoms with Crippen LogP contribution in [0.5, 0.6) is 0 Å². The average Bonchev–Trinajstić information content (AvgIpc) is 2.32. The maximum absolute atomic E-state index is 9.88. The van der Waals surface area contributed by atoms with Crippen LogP contribution in [0, 0.1) is 0 Å². The maximum Gasteiger partial charge on any atom is 0.0765 e. The second-order valence-electron chi connectivity index (χ2n) is 5.62. The SMILES string of the molecule is COCCNCc1ccc(N(C)CC(C)(C)O)c(Br)c1. The first-order chi connectivity index (χ1) is 9.33. The molecule has 20 heavy (non-hydrogen) atoms. The monoisotopic (exact) mass is 344 g/mol. The molecule has 5 heteroatoms. The van der Waals surface area contributed by atoms with Gasteiger partial charge in [0.25, 0.3) is 0 Å². The zero-order chi connectivity index (χ0) is 15.2. The van der Waals surface area contributed by atoms with Gasteiger partial charge in [0.1, 0.15) is 0 Å². The van der Waals surface area contributed by atoms with E-state index >= 15 is 0 Å². The smallest absolute Gasteiger partial charge is 0.0765 e. The molecule has 0 bridgehead atoms. The lowest BCUT2D eigenvalue weighted by atomic mass is 10.1. The van der Waals surface area contributed by atoms with Gasteiger partial charge in [-0.05, 0) is 47.5 Å². The lowest BCUT2D eigenvalue weighted by Crippen LogP contribution is -2.36. The number of benzene rings is 1. The largest absolute Gasteiger partial charge is 0.389 e. The predicted octanol–water partition coefficient (Wildman–Crippen LogP) is 2.39. The van der Waals surface area contributed by atoms with E-state index in [0.717, 1.165) is 23.2 Å². The lowest BCUT2D eigenvalue weighted by Gasteiger charge is -2.28. The van der Waals surface area contributed by atoms with Crippen LogP contribution in [0.15, 0.2) is 22.7 Å². The summed E-state index contributed by atoms with van der Waals surface area (Å²) in [5, 5.41) is 13.2. The highest BCUT2D eigenvalue weighted by Gasteiger charge is 2.17. The summed E-state index contributed by atoms with van der Waals surface area (Å²) in [5.41, 5.74) is 1.58. The van der Waals surface area contributed by atoms with Gasteiger partial charge >= 0.3 is 0 Å². The van der Waals surface area contributed by atoms with Crippen molar-refractivity contribution >= 4 is 21.6 Å².